The van der Waals surface area contributed by atoms with Crippen molar-refractivity contribution in [3.63, 3.8) is 0 Å². The molecular weight excluding hydrogens is 147 g/mol. The number of carboxylic acids is 1. The summed E-state index contributed by atoms with van der Waals surface area (Å²) in [6, 6.07) is 0. The third kappa shape index (κ3) is 3.70. The van der Waals surface area contributed by atoms with Gasteiger partial charge in [-0.1, -0.05) is 0 Å². The fourth-order valence-corrected chi connectivity index (χ4v) is 0.234. The van der Waals surface area contributed by atoms with Gasteiger partial charge in [-0.15, -0.1) is 0 Å². The summed E-state index contributed by atoms with van der Waals surface area (Å²) in [6.45, 7) is 0. The summed E-state index contributed by atoms with van der Waals surface area (Å²) in [4.78, 5) is 10.1. The number of carbonyl (C=O) groups is 1. The summed E-state index contributed by atoms with van der Waals surface area (Å²) >= 11 is -1.29. The molecule has 3 nitrogen and oxygen atoms in total. The Morgan fingerprint density at radius 1 is 1.83 bits per heavy atom. The molecule has 1 N–H and O–H groups in total. The molecule has 0 rings (SSSR count). The van der Waals surface area contributed by atoms with E-state index < -0.39 is 21.2 Å². The van der Waals surface area contributed by atoms with Gasteiger partial charge in [-0.2, -0.15) is 0 Å². The van der Waals surface area contributed by atoms with Crippen LogP contribution in [-0.4, -0.2) is 31.1 Å². The Labute approximate surface area is 40.4 Å². The van der Waals surface area contributed by atoms with Crippen LogP contribution in [-0.2, 0) is 8.53 Å². The van der Waals surface area contributed by atoms with Crippen LogP contribution in [0.1, 0.15) is 0 Å². The van der Waals surface area contributed by atoms with Gasteiger partial charge in [0.1, 0.15) is 0 Å². The van der Waals surface area contributed by atoms with E-state index in [2.05, 4.69) is 0 Å². The number of hydrogen-bond acceptors (Lipinski definition) is 2. The normalized spacial score (nSPS) is 6.67. The van der Waals surface area contributed by atoms with Gasteiger partial charge in [0.05, 0.1) is 0 Å². The van der Waals surface area contributed by atoms with Crippen LogP contribution in [0.5, 0.6) is 0 Å². The van der Waals surface area contributed by atoms with E-state index in [4.69, 9.17) is 5.11 Å². The van der Waals surface area contributed by atoms with Gasteiger partial charge in [0.2, 0.25) is 0 Å². The first-order valence-electron chi connectivity index (χ1n) is 1.16. The average molecular weight is 149 g/mol. The molecule has 0 amide bonds. The first-order chi connectivity index (χ1) is 2.77. The Hall–Kier alpha value is -0.302. The molecule has 0 saturated heterocycles. The van der Waals surface area contributed by atoms with Crippen LogP contribution in [0.25, 0.3) is 0 Å². The molecule has 0 aromatic heterocycles. The standard InChI is InChI=1S/C2H2AsO3/c4-2(5)1-3-6/h1H,(H,4,5). The summed E-state index contributed by atoms with van der Waals surface area (Å²) in [5.74, 6) is -1.11. The van der Waals surface area contributed by atoms with Crippen LogP contribution in [0.2, 0.25) is 0 Å². The Morgan fingerprint density at radius 3 is 2.33 bits per heavy atom. The molecule has 0 saturated carbocycles. The van der Waals surface area contributed by atoms with Crippen LogP contribution in [0.3, 0.4) is 0 Å². The molecule has 33 valence electrons. The van der Waals surface area contributed by atoms with Crippen molar-refractivity contribution in [2.45, 2.75) is 0 Å². The molecule has 0 unspecified atom stereocenters. The molecule has 0 aromatic carbocycles. The SMILES string of the molecule is O=[As]=CC(=O)O. The Balaban J connectivity index is 3.60. The van der Waals surface area contributed by atoms with Crippen LogP contribution >= 0.6 is 0 Å². The minimum atomic E-state index is -1.29. The summed E-state index contributed by atoms with van der Waals surface area (Å²) in [6.07, 6.45) is 0. The molecular formula is C2H2AsO3. The van der Waals surface area contributed by atoms with E-state index in [1.807, 2.05) is 0 Å². The summed E-state index contributed by atoms with van der Waals surface area (Å²) < 4.78 is 9.40. The second kappa shape index (κ2) is 2.91. The van der Waals surface area contributed by atoms with Crippen molar-refractivity contribution in [2.24, 2.45) is 0 Å². The summed E-state index contributed by atoms with van der Waals surface area (Å²) in [7, 11) is 0. The van der Waals surface area contributed by atoms with Crippen LogP contribution in [0.4, 0.5) is 0 Å². The van der Waals surface area contributed by atoms with Crippen molar-refractivity contribution in [3.8, 4) is 0 Å². The van der Waals surface area contributed by atoms with E-state index in [9.17, 15) is 8.53 Å². The van der Waals surface area contributed by atoms with E-state index in [1.165, 1.54) is 0 Å². The van der Waals surface area contributed by atoms with Gasteiger partial charge in [0.25, 0.3) is 0 Å². The summed E-state index contributed by atoms with van der Waals surface area (Å²) in [5, 5.41) is 7.68. The first-order valence-corrected chi connectivity index (χ1v) is 3.01. The maximum atomic E-state index is 9.40. The third-order valence-electron chi connectivity index (χ3n) is 0.163. The number of rotatable bonds is 1. The Kier molecular flexibility index (Phi) is 2.76. The molecule has 0 aliphatic carbocycles. The van der Waals surface area contributed by atoms with Gasteiger partial charge in [0, 0.05) is 0 Å². The molecule has 0 aliphatic heterocycles. The van der Waals surface area contributed by atoms with Crippen molar-refractivity contribution in [3.05, 3.63) is 0 Å². The molecule has 1 radical (unpaired) electrons. The van der Waals surface area contributed by atoms with Gasteiger partial charge in [-0.05, 0) is 0 Å². The monoisotopic (exact) mass is 149 g/mol. The van der Waals surface area contributed by atoms with Gasteiger partial charge < -0.3 is 0 Å². The van der Waals surface area contributed by atoms with Gasteiger partial charge in [-0.25, -0.2) is 0 Å². The fraction of sp³-hybridized carbons (Fsp3) is 0. The average Bonchev–Trinajstić information content (AvgIpc) is 1.35. The van der Waals surface area contributed by atoms with E-state index in [0.29, 0.717) is 0 Å². The second-order valence-electron chi connectivity index (χ2n) is 0.573. The minimum absolute atomic E-state index is 0.747. The number of carboxylic acid groups (broad SMARTS) is 1. The molecule has 0 bridgehead atoms. The van der Waals surface area contributed by atoms with Crippen LogP contribution in [0.15, 0.2) is 0 Å². The molecule has 0 atom stereocenters. The molecule has 6 heavy (non-hydrogen) atoms. The predicted molar refractivity (Wildman–Crippen MR) is 20.1 cm³/mol. The van der Waals surface area contributed by atoms with E-state index in [-0.39, 0.29) is 0 Å². The van der Waals surface area contributed by atoms with Gasteiger partial charge in [-0.3, -0.25) is 0 Å². The molecule has 0 aromatic rings. The molecule has 4 heteroatoms. The molecule has 0 aliphatic rings. The van der Waals surface area contributed by atoms with Gasteiger partial charge in [0.15, 0.2) is 0 Å². The zero-order valence-electron chi connectivity index (χ0n) is 2.79. The summed E-state index contributed by atoms with van der Waals surface area (Å²) in [5.41, 5.74) is 0. The number of aliphatic carboxylic acids is 1. The van der Waals surface area contributed by atoms with Crippen LogP contribution < -0.4 is 0 Å². The predicted octanol–water partition coefficient (Wildman–Crippen LogP) is -1.08. The van der Waals surface area contributed by atoms with Crippen molar-refractivity contribution >= 4 is 26.0 Å². The third-order valence-corrected chi connectivity index (χ3v) is 0.848. The first kappa shape index (κ1) is 5.70. The van der Waals surface area contributed by atoms with Crippen molar-refractivity contribution < 1.29 is 13.6 Å². The zero-order chi connectivity index (χ0) is 4.99. The van der Waals surface area contributed by atoms with Gasteiger partial charge >= 0.3 is 39.7 Å². The Bertz CT molecular complexity index is 101. The quantitative estimate of drug-likeness (QED) is 0.482. The van der Waals surface area contributed by atoms with Crippen molar-refractivity contribution in [2.75, 3.05) is 0 Å². The molecule has 0 spiro atoms. The zero-order valence-corrected chi connectivity index (χ0v) is 4.66. The van der Waals surface area contributed by atoms with Crippen LogP contribution in [0, 0.1) is 0 Å². The number of hydrogen-bond donors (Lipinski definition) is 1. The second-order valence-corrected chi connectivity index (χ2v) is 1.56. The fourth-order valence-electron chi connectivity index (χ4n) is 0.0451. The van der Waals surface area contributed by atoms with E-state index in [1.54, 1.807) is 0 Å². The van der Waals surface area contributed by atoms with E-state index in [0.717, 1.165) is 4.81 Å². The molecule has 0 heterocycles. The molecule has 0 fully saturated rings. The van der Waals surface area contributed by atoms with Crippen molar-refractivity contribution in [1.29, 1.82) is 0 Å². The van der Waals surface area contributed by atoms with E-state index >= 15 is 0 Å². The topological polar surface area (TPSA) is 54.4 Å². The Morgan fingerprint density at radius 2 is 2.33 bits per heavy atom. The maximum absolute atomic E-state index is 9.40. The van der Waals surface area contributed by atoms with Crippen molar-refractivity contribution in [1.82, 2.24) is 0 Å².